The summed E-state index contributed by atoms with van der Waals surface area (Å²) in [4.78, 5) is 6.96. The van der Waals surface area contributed by atoms with E-state index in [-0.39, 0.29) is 4.71 Å². The van der Waals surface area contributed by atoms with Crippen LogP contribution >= 0.6 is 25.3 Å². The van der Waals surface area contributed by atoms with Crippen LogP contribution in [0.1, 0.15) is 5.56 Å². The van der Waals surface area contributed by atoms with Gasteiger partial charge in [0, 0.05) is 52.5 Å². The summed E-state index contributed by atoms with van der Waals surface area (Å²) in [5.74, 6) is 0. The van der Waals surface area contributed by atoms with E-state index in [1.165, 1.54) is 11.3 Å². The molecule has 1 aliphatic rings. The number of thiol groups is 2. The van der Waals surface area contributed by atoms with Crippen LogP contribution in [0.5, 0.6) is 0 Å². The Bertz CT molecular complexity index is 398. The summed E-state index contributed by atoms with van der Waals surface area (Å²) < 4.78 is 0.0794. The molecule has 0 atom stereocenters. The number of benzene rings is 1. The summed E-state index contributed by atoms with van der Waals surface area (Å²) in [6.45, 7) is 5.51. The molecule has 0 N–H and O–H groups in total. The van der Waals surface area contributed by atoms with Gasteiger partial charge in [-0.1, -0.05) is 12.1 Å². The minimum absolute atomic E-state index is 0.0794. The van der Waals surface area contributed by atoms with Gasteiger partial charge in [-0.25, -0.2) is 0 Å². The Hall–Kier alpha value is -0.360. The fraction of sp³-hybridized carbons (Fsp3) is 0.600. The number of rotatable bonds is 5. The molecule has 1 fully saturated rings. The van der Waals surface area contributed by atoms with Crippen molar-refractivity contribution in [3.8, 4) is 0 Å². The lowest BCUT2D eigenvalue weighted by atomic mass is 10.1. The smallest absolute Gasteiger partial charge is 0.0970 e. The molecule has 1 aromatic carbocycles. The summed E-state index contributed by atoms with van der Waals surface area (Å²) in [5.41, 5.74) is 2.68. The van der Waals surface area contributed by atoms with Crippen molar-refractivity contribution in [2.24, 2.45) is 0 Å². The highest BCUT2D eigenvalue weighted by molar-refractivity contribution is 7.99. The lowest BCUT2D eigenvalue weighted by molar-refractivity contribution is 0.144. The molecule has 0 saturated carbocycles. The third-order valence-electron chi connectivity index (χ3n) is 3.90. The number of nitrogens with zero attached hydrogens (tertiary/aromatic N) is 3. The van der Waals surface area contributed by atoms with Crippen LogP contribution in [0.25, 0.3) is 0 Å². The zero-order valence-electron chi connectivity index (χ0n) is 12.4. The quantitative estimate of drug-likeness (QED) is 0.637. The Labute approximate surface area is 133 Å². The van der Waals surface area contributed by atoms with Gasteiger partial charge in [-0.2, -0.15) is 0 Å². The van der Waals surface area contributed by atoms with Gasteiger partial charge < -0.3 is 9.80 Å². The van der Waals surface area contributed by atoms with Gasteiger partial charge in [0.25, 0.3) is 0 Å². The Morgan fingerprint density at radius 3 is 2.15 bits per heavy atom. The molecule has 0 amide bonds. The molecule has 0 radical (unpaired) electrons. The number of hydrogen-bond donors (Lipinski definition) is 2. The van der Waals surface area contributed by atoms with E-state index in [1.807, 2.05) is 0 Å². The van der Waals surface area contributed by atoms with Gasteiger partial charge in [0.15, 0.2) is 0 Å². The summed E-state index contributed by atoms with van der Waals surface area (Å²) in [6, 6.07) is 8.87. The van der Waals surface area contributed by atoms with Crippen molar-refractivity contribution in [2.75, 3.05) is 51.7 Å². The Balaban J connectivity index is 1.76. The second-order valence-electron chi connectivity index (χ2n) is 5.53. The van der Waals surface area contributed by atoms with E-state index < -0.39 is 0 Å². The van der Waals surface area contributed by atoms with E-state index in [9.17, 15) is 0 Å². The SMILES string of the molecule is CN(C)c1ccc(CCN2CCN(C(S)S)CC2)cc1. The molecule has 0 unspecified atom stereocenters. The molecule has 1 aliphatic heterocycles. The molecule has 0 aromatic heterocycles. The van der Waals surface area contributed by atoms with Crippen molar-refractivity contribution in [1.82, 2.24) is 9.80 Å². The first kappa shape index (κ1) is 16.0. The van der Waals surface area contributed by atoms with E-state index in [0.29, 0.717) is 0 Å². The molecular formula is C15H25N3S2. The third kappa shape index (κ3) is 4.58. The van der Waals surface area contributed by atoms with Crippen molar-refractivity contribution in [2.45, 2.75) is 11.1 Å². The molecule has 2 rings (SSSR count). The van der Waals surface area contributed by atoms with Crippen molar-refractivity contribution in [3.05, 3.63) is 29.8 Å². The third-order valence-corrected chi connectivity index (χ3v) is 4.56. The molecule has 20 heavy (non-hydrogen) atoms. The summed E-state index contributed by atoms with van der Waals surface area (Å²) in [7, 11) is 4.15. The topological polar surface area (TPSA) is 9.72 Å². The molecule has 1 aromatic rings. The zero-order chi connectivity index (χ0) is 14.5. The van der Waals surface area contributed by atoms with Gasteiger partial charge in [0.1, 0.15) is 0 Å². The number of piperazine rings is 1. The second kappa shape index (κ2) is 7.59. The second-order valence-corrected chi connectivity index (χ2v) is 6.92. The maximum atomic E-state index is 4.37. The first-order chi connectivity index (χ1) is 9.56. The molecule has 5 heteroatoms. The zero-order valence-corrected chi connectivity index (χ0v) is 14.2. The van der Waals surface area contributed by atoms with Crippen LogP contribution in [0.3, 0.4) is 0 Å². The van der Waals surface area contributed by atoms with Crippen molar-refractivity contribution in [3.63, 3.8) is 0 Å². The van der Waals surface area contributed by atoms with Gasteiger partial charge in [-0.3, -0.25) is 4.90 Å². The van der Waals surface area contributed by atoms with Crippen LogP contribution in [0.4, 0.5) is 5.69 Å². The summed E-state index contributed by atoms with van der Waals surface area (Å²) in [5, 5.41) is 0. The first-order valence-electron chi connectivity index (χ1n) is 7.15. The van der Waals surface area contributed by atoms with Gasteiger partial charge in [-0.05, 0) is 24.1 Å². The van der Waals surface area contributed by atoms with Crippen LogP contribution < -0.4 is 4.90 Å². The highest BCUT2D eigenvalue weighted by Crippen LogP contribution is 2.14. The van der Waals surface area contributed by atoms with Crippen molar-refractivity contribution < 1.29 is 0 Å². The van der Waals surface area contributed by atoms with Crippen LogP contribution in [0.2, 0.25) is 0 Å². The Kier molecular flexibility index (Phi) is 6.08. The van der Waals surface area contributed by atoms with E-state index in [2.05, 4.69) is 78.3 Å². The van der Waals surface area contributed by atoms with Crippen LogP contribution in [0, 0.1) is 0 Å². The summed E-state index contributed by atoms with van der Waals surface area (Å²) >= 11 is 8.75. The first-order valence-corrected chi connectivity index (χ1v) is 8.18. The Morgan fingerprint density at radius 1 is 1.05 bits per heavy atom. The van der Waals surface area contributed by atoms with Gasteiger partial charge in [-0.15, -0.1) is 25.3 Å². The Morgan fingerprint density at radius 2 is 1.65 bits per heavy atom. The lowest BCUT2D eigenvalue weighted by Gasteiger charge is -2.36. The van der Waals surface area contributed by atoms with Gasteiger partial charge >= 0.3 is 0 Å². The van der Waals surface area contributed by atoms with Gasteiger partial charge in [0.05, 0.1) is 4.71 Å². The molecule has 1 saturated heterocycles. The van der Waals surface area contributed by atoms with Crippen LogP contribution in [-0.2, 0) is 6.42 Å². The van der Waals surface area contributed by atoms with E-state index >= 15 is 0 Å². The highest BCUT2D eigenvalue weighted by Gasteiger charge is 2.19. The van der Waals surface area contributed by atoms with Crippen molar-refractivity contribution in [1.29, 1.82) is 0 Å². The monoisotopic (exact) mass is 311 g/mol. The highest BCUT2D eigenvalue weighted by atomic mass is 32.2. The molecule has 0 bridgehead atoms. The number of hydrogen-bond acceptors (Lipinski definition) is 5. The average molecular weight is 312 g/mol. The van der Waals surface area contributed by atoms with E-state index in [4.69, 9.17) is 0 Å². The predicted octanol–water partition coefficient (Wildman–Crippen LogP) is 2.06. The van der Waals surface area contributed by atoms with Crippen LogP contribution in [-0.4, -0.2) is 61.3 Å². The standard InChI is InChI=1S/C15H25N3S2/c1-16(2)14-5-3-13(4-6-14)7-8-17-9-11-18(12-10-17)15(19)20/h3-6,15,19-20H,7-12H2,1-2H3. The predicted molar refractivity (Wildman–Crippen MR) is 94.2 cm³/mol. The van der Waals surface area contributed by atoms with E-state index in [1.54, 1.807) is 0 Å². The molecule has 0 aliphatic carbocycles. The van der Waals surface area contributed by atoms with Crippen molar-refractivity contribution >= 4 is 30.9 Å². The maximum absolute atomic E-state index is 4.37. The fourth-order valence-electron chi connectivity index (χ4n) is 2.47. The largest absolute Gasteiger partial charge is 0.378 e. The molecule has 3 nitrogen and oxygen atoms in total. The van der Waals surface area contributed by atoms with Gasteiger partial charge in [0.2, 0.25) is 0 Å². The normalized spacial score (nSPS) is 17.6. The molecular weight excluding hydrogens is 286 g/mol. The van der Waals surface area contributed by atoms with Crippen LogP contribution in [0.15, 0.2) is 24.3 Å². The minimum atomic E-state index is 0.0794. The molecule has 1 heterocycles. The maximum Gasteiger partial charge on any atom is 0.0970 e. The molecule has 0 spiro atoms. The van der Waals surface area contributed by atoms with E-state index in [0.717, 1.165) is 39.1 Å². The average Bonchev–Trinajstić information content (AvgIpc) is 2.46. The summed E-state index contributed by atoms with van der Waals surface area (Å²) in [6.07, 6.45) is 1.12. The minimum Gasteiger partial charge on any atom is -0.378 e. The molecule has 112 valence electrons. The number of anilines is 1. The lowest BCUT2D eigenvalue weighted by Crippen LogP contribution is -2.48. The fourth-order valence-corrected chi connectivity index (χ4v) is 2.93.